The lowest BCUT2D eigenvalue weighted by Crippen LogP contribution is -2.41. The van der Waals surface area contributed by atoms with Crippen LogP contribution in [0.3, 0.4) is 0 Å². The van der Waals surface area contributed by atoms with Crippen LogP contribution in [-0.4, -0.2) is 26.7 Å². The van der Waals surface area contributed by atoms with Gasteiger partial charge in [-0.15, -0.1) is 0 Å². The van der Waals surface area contributed by atoms with Crippen LogP contribution in [0.5, 0.6) is 0 Å². The van der Waals surface area contributed by atoms with E-state index in [0.717, 1.165) is 12.1 Å². The van der Waals surface area contributed by atoms with Gasteiger partial charge in [0, 0.05) is 11.0 Å². The summed E-state index contributed by atoms with van der Waals surface area (Å²) in [6.07, 6.45) is 0.0159. The first-order valence-electron chi connectivity index (χ1n) is 7.66. The first-order chi connectivity index (χ1) is 10.8. The molecule has 1 heterocycles. The van der Waals surface area contributed by atoms with Crippen molar-refractivity contribution in [1.82, 2.24) is 0 Å². The Bertz CT molecular complexity index is 736. The summed E-state index contributed by atoms with van der Waals surface area (Å²) in [5.41, 5.74) is -1.96. The topological polar surface area (TPSA) is 78.6 Å². The maximum atomic E-state index is 14.9. The summed E-state index contributed by atoms with van der Waals surface area (Å²) >= 11 is 0. The fourth-order valence-corrected chi connectivity index (χ4v) is 3.63. The number of primary sulfonamides is 1. The van der Waals surface area contributed by atoms with Crippen molar-refractivity contribution in [2.75, 3.05) is 0 Å². The molecule has 0 spiro atoms. The first kappa shape index (κ1) is 19.3. The summed E-state index contributed by atoms with van der Waals surface area (Å²) in [5.74, 6) is -1.66. The number of nitrogens with two attached hydrogens (primary N) is 1. The van der Waals surface area contributed by atoms with Crippen LogP contribution in [0, 0.1) is 11.6 Å². The average Bonchev–Trinajstić information content (AvgIpc) is 2.61. The molecule has 1 saturated heterocycles. The fourth-order valence-electron chi connectivity index (χ4n) is 2.64. The van der Waals surface area contributed by atoms with Crippen LogP contribution in [0.4, 0.5) is 8.78 Å². The van der Waals surface area contributed by atoms with Gasteiger partial charge in [0.05, 0.1) is 11.2 Å². The van der Waals surface area contributed by atoms with E-state index in [1.165, 1.54) is 6.92 Å². The van der Waals surface area contributed by atoms with Crippen molar-refractivity contribution in [2.45, 2.75) is 57.5 Å². The summed E-state index contributed by atoms with van der Waals surface area (Å²) in [6.45, 7) is 8.66. The van der Waals surface area contributed by atoms with E-state index in [1.807, 2.05) is 0 Å². The highest BCUT2D eigenvalue weighted by atomic mass is 32.2. The predicted octanol–water partition coefficient (Wildman–Crippen LogP) is 2.00. The lowest BCUT2D eigenvalue weighted by molar-refractivity contribution is 0.00578. The highest BCUT2D eigenvalue weighted by Crippen LogP contribution is 2.37. The number of sulfonamides is 1. The van der Waals surface area contributed by atoms with Crippen LogP contribution in [0.15, 0.2) is 12.1 Å². The number of benzene rings is 1. The van der Waals surface area contributed by atoms with Crippen LogP contribution in [-0.2, 0) is 19.3 Å². The third-order valence-electron chi connectivity index (χ3n) is 4.72. The smallest absolute Gasteiger partial charge is 0.399 e. The normalized spacial score (nSPS) is 21.1. The van der Waals surface area contributed by atoms with E-state index in [1.54, 1.807) is 27.7 Å². The van der Waals surface area contributed by atoms with Gasteiger partial charge in [0.25, 0.3) is 0 Å². The van der Waals surface area contributed by atoms with Gasteiger partial charge in [-0.3, -0.25) is 0 Å². The molecule has 9 heteroatoms. The molecule has 1 atom stereocenters. The molecule has 1 aliphatic rings. The minimum absolute atomic E-state index is 0.0159. The fraction of sp³-hybridized carbons (Fsp3) is 0.600. The molecule has 0 aliphatic carbocycles. The second-order valence-electron chi connectivity index (χ2n) is 6.97. The molecule has 1 aromatic rings. The third-order valence-corrected chi connectivity index (χ3v) is 6.10. The van der Waals surface area contributed by atoms with Gasteiger partial charge in [0.2, 0.25) is 10.0 Å². The van der Waals surface area contributed by atoms with E-state index in [-0.39, 0.29) is 17.4 Å². The van der Waals surface area contributed by atoms with Crippen LogP contribution in [0.2, 0.25) is 0 Å². The molecule has 1 unspecified atom stereocenters. The first-order valence-corrected chi connectivity index (χ1v) is 9.27. The summed E-state index contributed by atoms with van der Waals surface area (Å²) in [5, 5.41) is 3.81. The van der Waals surface area contributed by atoms with Gasteiger partial charge in [-0.1, -0.05) is 6.92 Å². The second kappa shape index (κ2) is 6.05. The molecular weight excluding hydrogens is 339 g/mol. The lowest BCUT2D eigenvalue weighted by Gasteiger charge is -2.32. The number of rotatable bonds is 4. The Morgan fingerprint density at radius 3 is 2.08 bits per heavy atom. The monoisotopic (exact) mass is 361 g/mol. The molecule has 5 nitrogen and oxygen atoms in total. The van der Waals surface area contributed by atoms with Gasteiger partial charge < -0.3 is 9.31 Å². The maximum Gasteiger partial charge on any atom is 0.497 e. The zero-order valence-electron chi connectivity index (χ0n) is 14.4. The molecule has 0 saturated carbocycles. The Kier molecular flexibility index (Phi) is 4.87. The van der Waals surface area contributed by atoms with E-state index < -0.39 is 45.2 Å². The van der Waals surface area contributed by atoms with Crippen molar-refractivity contribution >= 4 is 22.6 Å². The summed E-state index contributed by atoms with van der Waals surface area (Å²) in [4.78, 5) is 0. The second-order valence-corrected chi connectivity index (χ2v) is 8.72. The van der Waals surface area contributed by atoms with Crippen LogP contribution >= 0.6 is 0 Å². The lowest BCUT2D eigenvalue weighted by atomic mass is 9.77. The van der Waals surface area contributed by atoms with Crippen LogP contribution in [0.1, 0.15) is 51.9 Å². The van der Waals surface area contributed by atoms with Crippen molar-refractivity contribution in [3.63, 3.8) is 0 Å². The largest absolute Gasteiger partial charge is 0.497 e. The molecule has 0 aromatic heterocycles. The highest BCUT2D eigenvalue weighted by molar-refractivity contribution is 7.89. The predicted molar refractivity (Wildman–Crippen MR) is 88.2 cm³/mol. The van der Waals surface area contributed by atoms with Crippen molar-refractivity contribution < 1.29 is 26.5 Å². The standard InChI is InChI=1S/C15H22BF2NO4S/c1-6-12(24(19,20)21)10-7-9(17)8-11(13(10)18)16-22-14(2,3)15(4,5)23-16/h7-8,12H,6H2,1-5H3,(H2,19,20,21). The Morgan fingerprint density at radius 2 is 1.67 bits per heavy atom. The highest BCUT2D eigenvalue weighted by Gasteiger charge is 2.52. The Morgan fingerprint density at radius 1 is 1.17 bits per heavy atom. The molecule has 134 valence electrons. The minimum atomic E-state index is -4.08. The maximum absolute atomic E-state index is 14.9. The Balaban J connectivity index is 2.55. The van der Waals surface area contributed by atoms with Crippen molar-refractivity contribution in [3.05, 3.63) is 29.3 Å². The van der Waals surface area contributed by atoms with E-state index in [2.05, 4.69) is 0 Å². The number of hydrogen-bond acceptors (Lipinski definition) is 4. The molecule has 2 rings (SSSR count). The third kappa shape index (κ3) is 3.35. The molecular formula is C15H22BF2NO4S. The zero-order valence-corrected chi connectivity index (χ0v) is 15.2. The van der Waals surface area contributed by atoms with Crippen molar-refractivity contribution in [1.29, 1.82) is 0 Å². The van der Waals surface area contributed by atoms with Gasteiger partial charge in [-0.2, -0.15) is 0 Å². The molecule has 0 bridgehead atoms. The van der Waals surface area contributed by atoms with E-state index in [9.17, 15) is 17.2 Å². The Labute approximate surface area is 141 Å². The molecule has 1 aromatic carbocycles. The zero-order chi connectivity index (χ0) is 18.5. The molecule has 0 amide bonds. The SMILES string of the molecule is CCC(c1cc(F)cc(B2OC(C)(C)C(C)(C)O2)c1F)S(N)(=O)=O. The van der Waals surface area contributed by atoms with Gasteiger partial charge in [0.15, 0.2) is 0 Å². The molecule has 2 N–H and O–H groups in total. The van der Waals surface area contributed by atoms with Crippen LogP contribution < -0.4 is 10.6 Å². The number of halogens is 2. The van der Waals surface area contributed by atoms with Gasteiger partial charge in [0.1, 0.15) is 16.9 Å². The molecule has 1 aliphatic heterocycles. The van der Waals surface area contributed by atoms with E-state index in [0.29, 0.717) is 0 Å². The summed E-state index contributed by atoms with van der Waals surface area (Å²) in [7, 11) is -5.22. The van der Waals surface area contributed by atoms with Crippen molar-refractivity contribution in [2.24, 2.45) is 5.14 Å². The van der Waals surface area contributed by atoms with Gasteiger partial charge >= 0.3 is 7.12 Å². The summed E-state index contributed by atoms with van der Waals surface area (Å²) < 4.78 is 63.8. The number of hydrogen-bond donors (Lipinski definition) is 1. The molecule has 0 radical (unpaired) electrons. The van der Waals surface area contributed by atoms with E-state index in [4.69, 9.17) is 14.4 Å². The van der Waals surface area contributed by atoms with Gasteiger partial charge in [-0.05, 0) is 46.2 Å². The van der Waals surface area contributed by atoms with Crippen molar-refractivity contribution in [3.8, 4) is 0 Å². The molecule has 24 heavy (non-hydrogen) atoms. The van der Waals surface area contributed by atoms with Crippen LogP contribution in [0.25, 0.3) is 0 Å². The Hall–Kier alpha value is -1.03. The van der Waals surface area contributed by atoms with E-state index >= 15 is 0 Å². The minimum Gasteiger partial charge on any atom is -0.399 e. The summed E-state index contributed by atoms with van der Waals surface area (Å²) in [6, 6.07) is 1.81. The quantitative estimate of drug-likeness (QED) is 0.832. The van der Waals surface area contributed by atoms with Gasteiger partial charge in [-0.25, -0.2) is 22.3 Å². The average molecular weight is 361 g/mol. The molecule has 1 fully saturated rings.